The zero-order valence-corrected chi connectivity index (χ0v) is 5.08. The molecule has 0 aromatic heterocycles. The van der Waals surface area contributed by atoms with Crippen LogP contribution in [0.1, 0.15) is 0 Å². The number of hydrogen-bond donors (Lipinski definition) is 1. The Labute approximate surface area is 54.5 Å². The molecule has 1 aliphatic heterocycles. The van der Waals surface area contributed by atoms with Gasteiger partial charge in [0.25, 0.3) is 0 Å². The molecule has 0 saturated carbocycles. The summed E-state index contributed by atoms with van der Waals surface area (Å²) in [6.07, 6.45) is 8.87. The minimum atomic E-state index is -0.0347. The molecule has 1 heterocycles. The van der Waals surface area contributed by atoms with Crippen molar-refractivity contribution in [1.82, 2.24) is 5.32 Å². The summed E-state index contributed by atoms with van der Waals surface area (Å²) in [6, 6.07) is 0. The minimum Gasteiger partial charge on any atom is -0.475 e. The third kappa shape index (κ3) is 1.64. The first-order valence-electron chi connectivity index (χ1n) is 2.79. The van der Waals surface area contributed by atoms with Crippen LogP contribution in [0.2, 0.25) is 0 Å². The predicted molar refractivity (Wildman–Crippen MR) is 36.5 cm³/mol. The third-order valence-corrected chi connectivity index (χ3v) is 0.983. The van der Waals surface area contributed by atoms with Crippen LogP contribution in [0, 0.1) is 0 Å². The van der Waals surface area contributed by atoms with Crippen molar-refractivity contribution in [3.8, 4) is 0 Å². The molecule has 2 heteroatoms. The highest BCUT2D eigenvalue weighted by molar-refractivity contribution is 5.07. The van der Waals surface area contributed by atoms with E-state index in [2.05, 4.69) is 11.9 Å². The van der Waals surface area contributed by atoms with Crippen LogP contribution in [0.3, 0.4) is 0 Å². The molecule has 0 saturated heterocycles. The Morgan fingerprint density at radius 3 is 3.00 bits per heavy atom. The highest BCUT2D eigenvalue weighted by atomic mass is 16.5. The Morgan fingerprint density at radius 2 is 2.44 bits per heavy atom. The molecular weight excluding hydrogens is 114 g/mol. The second-order valence-electron chi connectivity index (χ2n) is 1.64. The standard InChI is InChI=1S/C7H9NO/c1-2-8-7-5-3-4-6-9-7/h2-8H,1H2. The van der Waals surface area contributed by atoms with E-state index in [0.29, 0.717) is 0 Å². The Morgan fingerprint density at radius 1 is 1.56 bits per heavy atom. The SMILES string of the molecule is C=CNC1C=CC=CO1. The van der Waals surface area contributed by atoms with Gasteiger partial charge in [-0.2, -0.15) is 0 Å². The van der Waals surface area contributed by atoms with Gasteiger partial charge in [0.1, 0.15) is 0 Å². The Hall–Kier alpha value is -1.18. The lowest BCUT2D eigenvalue weighted by Crippen LogP contribution is -2.23. The Balaban J connectivity index is 2.36. The van der Waals surface area contributed by atoms with Crippen LogP contribution in [-0.2, 0) is 4.74 Å². The number of allylic oxidation sites excluding steroid dienone is 2. The molecule has 0 aliphatic carbocycles. The van der Waals surface area contributed by atoms with E-state index in [0.717, 1.165) is 0 Å². The van der Waals surface area contributed by atoms with Crippen molar-refractivity contribution in [3.05, 3.63) is 37.3 Å². The van der Waals surface area contributed by atoms with Crippen molar-refractivity contribution < 1.29 is 4.74 Å². The molecule has 0 radical (unpaired) electrons. The summed E-state index contributed by atoms with van der Waals surface area (Å²) >= 11 is 0. The van der Waals surface area contributed by atoms with Crippen LogP contribution in [0.25, 0.3) is 0 Å². The molecule has 1 rings (SSSR count). The average molecular weight is 123 g/mol. The van der Waals surface area contributed by atoms with E-state index >= 15 is 0 Å². The van der Waals surface area contributed by atoms with Crippen molar-refractivity contribution >= 4 is 0 Å². The van der Waals surface area contributed by atoms with E-state index in [1.165, 1.54) is 0 Å². The first kappa shape index (κ1) is 5.95. The maximum atomic E-state index is 5.07. The molecule has 0 spiro atoms. The summed E-state index contributed by atoms with van der Waals surface area (Å²) in [5.41, 5.74) is 0. The highest BCUT2D eigenvalue weighted by Crippen LogP contribution is 1.97. The van der Waals surface area contributed by atoms with Crippen molar-refractivity contribution in [2.75, 3.05) is 0 Å². The molecule has 0 amide bonds. The van der Waals surface area contributed by atoms with Crippen LogP contribution < -0.4 is 5.32 Å². The second-order valence-corrected chi connectivity index (χ2v) is 1.64. The van der Waals surface area contributed by atoms with Gasteiger partial charge < -0.3 is 10.1 Å². The largest absolute Gasteiger partial charge is 0.475 e. The third-order valence-electron chi connectivity index (χ3n) is 0.983. The number of ether oxygens (including phenoxy) is 1. The summed E-state index contributed by atoms with van der Waals surface area (Å²) in [4.78, 5) is 0. The van der Waals surface area contributed by atoms with Gasteiger partial charge in [-0.15, -0.1) is 0 Å². The lowest BCUT2D eigenvalue weighted by molar-refractivity contribution is 0.165. The molecule has 48 valence electrons. The van der Waals surface area contributed by atoms with E-state index < -0.39 is 0 Å². The van der Waals surface area contributed by atoms with Crippen molar-refractivity contribution in [1.29, 1.82) is 0 Å². The predicted octanol–water partition coefficient (Wildman–Crippen LogP) is 1.15. The van der Waals surface area contributed by atoms with Crippen LogP contribution in [0.15, 0.2) is 37.3 Å². The molecule has 9 heavy (non-hydrogen) atoms. The van der Waals surface area contributed by atoms with E-state index in [4.69, 9.17) is 4.74 Å². The number of nitrogens with one attached hydrogen (secondary N) is 1. The molecule has 1 atom stereocenters. The summed E-state index contributed by atoms with van der Waals surface area (Å²) in [5, 5.41) is 2.89. The monoisotopic (exact) mass is 123 g/mol. The summed E-state index contributed by atoms with van der Waals surface area (Å²) in [5.74, 6) is 0. The Bertz CT molecular complexity index is 147. The molecule has 1 N–H and O–H groups in total. The van der Waals surface area contributed by atoms with Gasteiger partial charge in [-0.1, -0.05) is 12.7 Å². The van der Waals surface area contributed by atoms with E-state index in [1.54, 1.807) is 12.5 Å². The summed E-state index contributed by atoms with van der Waals surface area (Å²) in [7, 11) is 0. The van der Waals surface area contributed by atoms with Gasteiger partial charge >= 0.3 is 0 Å². The molecule has 0 fully saturated rings. The van der Waals surface area contributed by atoms with Gasteiger partial charge in [-0.05, 0) is 18.4 Å². The average Bonchev–Trinajstić information content (AvgIpc) is 1.91. The van der Waals surface area contributed by atoms with Gasteiger partial charge in [0.2, 0.25) is 0 Å². The lowest BCUT2D eigenvalue weighted by Gasteiger charge is -2.13. The summed E-state index contributed by atoms with van der Waals surface area (Å²) < 4.78 is 5.07. The van der Waals surface area contributed by atoms with Gasteiger partial charge in [-0.25, -0.2) is 0 Å². The second kappa shape index (κ2) is 2.97. The molecule has 1 unspecified atom stereocenters. The van der Waals surface area contributed by atoms with Gasteiger partial charge in [0, 0.05) is 0 Å². The Kier molecular flexibility index (Phi) is 1.96. The highest BCUT2D eigenvalue weighted by Gasteiger charge is 1.98. The van der Waals surface area contributed by atoms with Crippen LogP contribution in [0.4, 0.5) is 0 Å². The van der Waals surface area contributed by atoms with E-state index in [-0.39, 0.29) is 6.23 Å². The molecule has 2 nitrogen and oxygen atoms in total. The molecule has 0 aromatic carbocycles. The quantitative estimate of drug-likeness (QED) is 0.594. The van der Waals surface area contributed by atoms with Crippen molar-refractivity contribution in [3.63, 3.8) is 0 Å². The van der Waals surface area contributed by atoms with Crippen molar-refractivity contribution in [2.45, 2.75) is 6.23 Å². The fraction of sp³-hybridized carbons (Fsp3) is 0.143. The summed E-state index contributed by atoms with van der Waals surface area (Å²) in [6.45, 7) is 3.51. The fourth-order valence-corrected chi connectivity index (χ4v) is 0.597. The molecule has 0 bridgehead atoms. The van der Waals surface area contributed by atoms with E-state index in [9.17, 15) is 0 Å². The zero-order chi connectivity index (χ0) is 6.53. The van der Waals surface area contributed by atoms with Gasteiger partial charge in [0.05, 0.1) is 6.26 Å². The van der Waals surface area contributed by atoms with Crippen LogP contribution in [0.5, 0.6) is 0 Å². The molecular formula is C7H9NO. The van der Waals surface area contributed by atoms with E-state index in [1.807, 2.05) is 18.2 Å². The van der Waals surface area contributed by atoms with Crippen LogP contribution >= 0.6 is 0 Å². The maximum Gasteiger partial charge on any atom is 0.188 e. The number of rotatable bonds is 2. The lowest BCUT2D eigenvalue weighted by atomic mass is 10.4. The first-order chi connectivity index (χ1) is 4.43. The minimum absolute atomic E-state index is 0.0347. The van der Waals surface area contributed by atoms with Crippen LogP contribution in [-0.4, -0.2) is 6.23 Å². The van der Waals surface area contributed by atoms with Gasteiger partial charge in [0.15, 0.2) is 6.23 Å². The fourth-order valence-electron chi connectivity index (χ4n) is 0.597. The smallest absolute Gasteiger partial charge is 0.188 e. The van der Waals surface area contributed by atoms with Gasteiger partial charge in [-0.3, -0.25) is 0 Å². The molecule has 0 aromatic rings. The van der Waals surface area contributed by atoms with Crippen molar-refractivity contribution in [2.24, 2.45) is 0 Å². The zero-order valence-electron chi connectivity index (χ0n) is 5.08. The number of hydrogen-bond acceptors (Lipinski definition) is 2. The molecule has 1 aliphatic rings. The maximum absolute atomic E-state index is 5.07. The normalized spacial score (nSPS) is 22.9. The topological polar surface area (TPSA) is 21.3 Å². The first-order valence-corrected chi connectivity index (χ1v) is 2.79.